The maximum absolute atomic E-state index is 12.0. The van der Waals surface area contributed by atoms with Gasteiger partial charge in [-0.25, -0.2) is 4.79 Å². The summed E-state index contributed by atoms with van der Waals surface area (Å²) in [5.41, 5.74) is 0.270. The Kier molecular flexibility index (Phi) is 3.31. The molecule has 0 aromatic carbocycles. The third-order valence-corrected chi connectivity index (χ3v) is 3.40. The average molecular weight is 233 g/mol. The molecule has 0 amide bonds. The van der Waals surface area contributed by atoms with Crippen molar-refractivity contribution in [1.82, 2.24) is 4.98 Å². The van der Waals surface area contributed by atoms with Gasteiger partial charge >= 0.3 is 5.97 Å². The van der Waals surface area contributed by atoms with Crippen LogP contribution in [0.3, 0.4) is 0 Å². The molecule has 1 atom stereocenters. The maximum Gasteiger partial charge on any atom is 0.331 e. The molecule has 0 saturated carbocycles. The molecular weight excluding hydrogens is 216 g/mol. The van der Waals surface area contributed by atoms with E-state index < -0.39 is 5.54 Å². The van der Waals surface area contributed by atoms with Gasteiger partial charge in [0.15, 0.2) is 0 Å². The molecule has 1 saturated heterocycles. The number of rotatable bonds is 2. The number of carbonyl (C=O) groups excluding carboxylic acids is 1. The lowest BCUT2D eigenvalue weighted by Crippen LogP contribution is -2.56. The van der Waals surface area contributed by atoms with Crippen LogP contribution in [0.4, 0.5) is 5.69 Å². The summed E-state index contributed by atoms with van der Waals surface area (Å²) >= 11 is 0. The second kappa shape index (κ2) is 4.73. The van der Waals surface area contributed by atoms with Crippen LogP contribution in [-0.4, -0.2) is 30.1 Å². The lowest BCUT2D eigenvalue weighted by atomic mass is 9.88. The highest BCUT2D eigenvalue weighted by atomic mass is 16.5. The van der Waals surface area contributed by atoms with Crippen LogP contribution in [0.1, 0.15) is 26.2 Å². The van der Waals surface area contributed by atoms with E-state index in [1.165, 1.54) is 7.11 Å². The van der Waals surface area contributed by atoms with E-state index in [0.29, 0.717) is 0 Å². The van der Waals surface area contributed by atoms with Crippen molar-refractivity contribution in [3.05, 3.63) is 24.5 Å². The van der Waals surface area contributed by atoms with Crippen molar-refractivity contribution in [3.63, 3.8) is 0 Å². The molecule has 1 aliphatic rings. The molecule has 1 unspecified atom stereocenters. The minimum atomic E-state index is -0.591. The van der Waals surface area contributed by atoms with Crippen molar-refractivity contribution in [2.24, 2.45) is 0 Å². The van der Waals surface area contributed by atoms with Crippen molar-refractivity contribution in [2.75, 3.05) is 18.6 Å². The number of nitrogens with zero attached hydrogens (tertiary/aromatic N) is 2. The molecule has 0 bridgehead atoms. The summed E-state index contributed by atoms with van der Waals surface area (Å²) in [7, 11) is 1.44. The number of piperidine rings is 1. The van der Waals surface area contributed by atoms with Gasteiger partial charge in [0.05, 0.1) is 12.8 Å². The summed E-state index contributed by atoms with van der Waals surface area (Å²) in [6.07, 6.45) is 7.55. The Labute approximate surface area is 102 Å². The van der Waals surface area contributed by atoms with Gasteiger partial charge in [-0.05, 0) is 38.3 Å². The third kappa shape index (κ3) is 2.12. The first-order valence-electron chi connectivity index (χ1n) is 5.87. The van der Waals surface area contributed by atoms with Gasteiger partial charge in [-0.2, -0.15) is 0 Å². The normalized spacial score (nSPS) is 24.5. The van der Waals surface area contributed by atoms with E-state index in [4.69, 9.17) is 4.74 Å². The summed E-state index contributed by atoms with van der Waals surface area (Å²) < 4.78 is 4.93. The highest BCUT2D eigenvalue weighted by Gasteiger charge is 2.42. The smallest absolute Gasteiger partial charge is 0.331 e. The second-order valence-corrected chi connectivity index (χ2v) is 4.51. The molecule has 0 N–H and O–H groups in total. The topological polar surface area (TPSA) is 42.4 Å². The Hall–Kier alpha value is -1.58. The Morgan fingerprint density at radius 2 is 2.41 bits per heavy atom. The predicted octanol–water partition coefficient (Wildman–Crippen LogP) is 1.80. The number of methoxy groups -OCH3 is 1. The van der Waals surface area contributed by atoms with Gasteiger partial charge < -0.3 is 9.64 Å². The van der Waals surface area contributed by atoms with Crippen molar-refractivity contribution in [3.8, 4) is 0 Å². The summed E-state index contributed by atoms with van der Waals surface area (Å²) in [6.45, 7) is 2.77. The van der Waals surface area contributed by atoms with Crippen LogP contribution in [0.2, 0.25) is 0 Å². The molecule has 1 aliphatic heterocycles. The zero-order valence-corrected chi connectivity index (χ0v) is 10.3. The molecule has 0 aliphatic carbocycles. The van der Waals surface area contributed by atoms with Gasteiger partial charge in [0.1, 0.15) is 11.7 Å². The van der Waals surface area contributed by atoms with E-state index in [1.807, 2.05) is 19.1 Å². The van der Waals surface area contributed by atoms with Crippen LogP contribution in [0, 0.1) is 6.20 Å². The Morgan fingerprint density at radius 3 is 3.06 bits per heavy atom. The Morgan fingerprint density at radius 1 is 1.59 bits per heavy atom. The number of anilines is 1. The van der Waals surface area contributed by atoms with Gasteiger partial charge in [0, 0.05) is 12.7 Å². The van der Waals surface area contributed by atoms with E-state index in [-0.39, 0.29) is 5.97 Å². The van der Waals surface area contributed by atoms with Crippen molar-refractivity contribution < 1.29 is 9.53 Å². The molecule has 2 heterocycles. The largest absolute Gasteiger partial charge is 0.467 e. The molecular formula is C13H17N2O2. The van der Waals surface area contributed by atoms with Gasteiger partial charge in [-0.1, -0.05) is 0 Å². The lowest BCUT2D eigenvalue weighted by molar-refractivity contribution is -0.147. The zero-order chi connectivity index (χ0) is 12.3. The number of carbonyl (C=O) groups is 1. The molecule has 1 aromatic heterocycles. The molecule has 4 nitrogen and oxygen atoms in total. The Bertz CT molecular complexity index is 394. The van der Waals surface area contributed by atoms with Crippen LogP contribution in [0.15, 0.2) is 18.3 Å². The van der Waals surface area contributed by atoms with Crippen LogP contribution in [-0.2, 0) is 9.53 Å². The monoisotopic (exact) mass is 233 g/mol. The number of aromatic nitrogens is 1. The molecule has 1 aromatic rings. The lowest BCUT2D eigenvalue weighted by Gasteiger charge is -2.43. The quantitative estimate of drug-likeness (QED) is 0.730. The van der Waals surface area contributed by atoms with Crippen LogP contribution >= 0.6 is 0 Å². The van der Waals surface area contributed by atoms with Gasteiger partial charge in [0.2, 0.25) is 0 Å². The summed E-state index contributed by atoms with van der Waals surface area (Å²) in [5.74, 6) is -0.186. The summed E-state index contributed by atoms with van der Waals surface area (Å²) in [5, 5.41) is 0. The maximum atomic E-state index is 12.0. The number of hydrogen-bond donors (Lipinski definition) is 0. The highest BCUT2D eigenvalue weighted by molar-refractivity contribution is 5.85. The van der Waals surface area contributed by atoms with Crippen molar-refractivity contribution in [1.29, 1.82) is 0 Å². The van der Waals surface area contributed by atoms with Gasteiger partial charge in [0.25, 0.3) is 0 Å². The zero-order valence-electron chi connectivity index (χ0n) is 10.3. The average Bonchev–Trinajstić information content (AvgIpc) is 2.39. The predicted molar refractivity (Wildman–Crippen MR) is 64.7 cm³/mol. The number of pyridine rings is 1. The number of ether oxygens (including phenoxy) is 1. The minimum Gasteiger partial charge on any atom is -0.467 e. The highest BCUT2D eigenvalue weighted by Crippen LogP contribution is 2.33. The molecule has 1 radical (unpaired) electrons. The van der Waals surface area contributed by atoms with E-state index in [2.05, 4.69) is 16.1 Å². The number of hydrogen-bond acceptors (Lipinski definition) is 4. The van der Waals surface area contributed by atoms with E-state index in [0.717, 1.165) is 31.5 Å². The fraction of sp³-hybridized carbons (Fsp3) is 0.538. The fourth-order valence-electron chi connectivity index (χ4n) is 2.41. The molecule has 0 spiro atoms. The van der Waals surface area contributed by atoms with Crippen LogP contribution in [0.5, 0.6) is 0 Å². The Balaban J connectivity index is 2.33. The molecule has 91 valence electrons. The SMILES string of the molecule is COC(=O)C1(C)CCCCN1c1[c]nccc1. The molecule has 1 fully saturated rings. The minimum absolute atomic E-state index is 0.186. The fourth-order valence-corrected chi connectivity index (χ4v) is 2.41. The van der Waals surface area contributed by atoms with Gasteiger partial charge in [-0.3, -0.25) is 4.98 Å². The third-order valence-electron chi connectivity index (χ3n) is 3.40. The first-order chi connectivity index (χ1) is 8.18. The summed E-state index contributed by atoms with van der Waals surface area (Å²) in [6, 6.07) is 3.79. The molecule has 2 rings (SSSR count). The second-order valence-electron chi connectivity index (χ2n) is 4.51. The molecule has 17 heavy (non-hydrogen) atoms. The van der Waals surface area contributed by atoms with Crippen LogP contribution in [0.25, 0.3) is 0 Å². The van der Waals surface area contributed by atoms with Crippen molar-refractivity contribution >= 4 is 11.7 Å². The standard InChI is InChI=1S/C13H17N2O2/c1-13(12(16)17-2)7-3-4-9-15(13)11-6-5-8-14-10-11/h5-6,8H,3-4,7,9H2,1-2H3. The van der Waals surface area contributed by atoms with Crippen molar-refractivity contribution in [2.45, 2.75) is 31.7 Å². The van der Waals surface area contributed by atoms with E-state index >= 15 is 0 Å². The summed E-state index contributed by atoms with van der Waals surface area (Å²) in [4.78, 5) is 18.0. The first kappa shape index (κ1) is 11.9. The number of esters is 1. The first-order valence-corrected chi connectivity index (χ1v) is 5.87. The molecule has 4 heteroatoms. The van der Waals surface area contributed by atoms with E-state index in [9.17, 15) is 4.79 Å². The van der Waals surface area contributed by atoms with Gasteiger partial charge in [-0.15, -0.1) is 0 Å². The van der Waals surface area contributed by atoms with E-state index in [1.54, 1.807) is 6.20 Å². The van der Waals surface area contributed by atoms with Crippen LogP contribution < -0.4 is 4.90 Å².